The van der Waals surface area contributed by atoms with Crippen molar-refractivity contribution in [1.82, 2.24) is 5.01 Å². The van der Waals surface area contributed by atoms with E-state index in [4.69, 9.17) is 0 Å². The lowest BCUT2D eigenvalue weighted by molar-refractivity contribution is 0.0673. The third-order valence-corrected chi connectivity index (χ3v) is 6.32. The summed E-state index contributed by atoms with van der Waals surface area (Å²) in [6, 6.07) is 18.6. The number of fused-ring (bicyclic) bond motifs is 1. The average molecular weight is 464 g/mol. The molecule has 1 heterocycles. The van der Waals surface area contributed by atoms with Gasteiger partial charge in [0.2, 0.25) is 0 Å². The minimum absolute atomic E-state index is 0.173. The monoisotopic (exact) mass is 464 g/mol. The first kappa shape index (κ1) is 22.1. The van der Waals surface area contributed by atoms with Gasteiger partial charge in [0.05, 0.1) is 17.3 Å². The van der Waals surface area contributed by atoms with Gasteiger partial charge < -0.3 is 0 Å². The quantitative estimate of drug-likeness (QED) is 0.242. The lowest BCUT2D eigenvalue weighted by Gasteiger charge is -2.29. The minimum Gasteiger partial charge on any atom is -0.267 e. The highest BCUT2D eigenvalue weighted by Crippen LogP contribution is 2.45. The Kier molecular flexibility index (Phi) is 5.77. The SMILES string of the molecule is O=C(c1cc(F)c(F)c(F)c1F)N1N=C2C(=Cc3ccccc3)CCCC2C1c1ccccc1. The predicted octanol–water partition coefficient (Wildman–Crippen LogP) is 6.68. The molecule has 0 N–H and O–H groups in total. The van der Waals surface area contributed by atoms with Gasteiger partial charge in [-0.05, 0) is 48.1 Å². The van der Waals surface area contributed by atoms with Gasteiger partial charge in [-0.15, -0.1) is 0 Å². The van der Waals surface area contributed by atoms with Crippen LogP contribution in [0.2, 0.25) is 0 Å². The summed E-state index contributed by atoms with van der Waals surface area (Å²) in [5.41, 5.74) is 2.50. The molecule has 2 unspecified atom stereocenters. The van der Waals surface area contributed by atoms with Crippen LogP contribution in [0.5, 0.6) is 0 Å². The fourth-order valence-electron chi connectivity index (χ4n) is 4.75. The summed E-state index contributed by atoms with van der Waals surface area (Å²) < 4.78 is 55.8. The molecule has 0 aromatic heterocycles. The van der Waals surface area contributed by atoms with E-state index in [1.807, 2.05) is 66.7 Å². The Labute approximate surface area is 194 Å². The molecule has 7 heteroatoms. The molecule has 2 aliphatic rings. The van der Waals surface area contributed by atoms with Crippen LogP contribution in [0.25, 0.3) is 6.08 Å². The number of hydrogen-bond donors (Lipinski definition) is 0. The Morgan fingerprint density at radius 3 is 2.29 bits per heavy atom. The maximum absolute atomic E-state index is 14.5. The molecule has 1 saturated carbocycles. The van der Waals surface area contributed by atoms with Crippen LogP contribution in [-0.2, 0) is 0 Å². The first-order valence-electron chi connectivity index (χ1n) is 11.0. The number of nitrogens with zero attached hydrogens (tertiary/aromatic N) is 2. The topological polar surface area (TPSA) is 32.7 Å². The number of halogens is 4. The van der Waals surface area contributed by atoms with Gasteiger partial charge in [0, 0.05) is 5.92 Å². The molecule has 34 heavy (non-hydrogen) atoms. The van der Waals surface area contributed by atoms with E-state index in [0.29, 0.717) is 11.8 Å². The normalized spacial score (nSPS) is 20.9. The maximum atomic E-state index is 14.5. The van der Waals surface area contributed by atoms with Gasteiger partial charge >= 0.3 is 0 Å². The standard InChI is InChI=1S/C27H20F4N2O/c28-21-15-20(22(29)24(31)23(21)30)27(34)33-26(17-10-5-2-6-11-17)19-13-7-12-18(25(19)32-33)14-16-8-3-1-4-9-16/h1-6,8-11,14-15,19,26H,7,12-13H2. The van der Waals surface area contributed by atoms with Crippen LogP contribution < -0.4 is 0 Å². The Hall–Kier alpha value is -3.74. The zero-order chi connectivity index (χ0) is 23.8. The lowest BCUT2D eigenvalue weighted by Crippen LogP contribution is -2.32. The van der Waals surface area contributed by atoms with E-state index in [-0.39, 0.29) is 5.92 Å². The highest BCUT2D eigenvalue weighted by atomic mass is 19.2. The molecule has 1 amide bonds. The fraction of sp³-hybridized carbons (Fsp3) is 0.185. The number of hydrogen-bond acceptors (Lipinski definition) is 2. The summed E-state index contributed by atoms with van der Waals surface area (Å²) in [6.45, 7) is 0. The molecule has 0 bridgehead atoms. The molecule has 0 spiro atoms. The highest BCUT2D eigenvalue weighted by Gasteiger charge is 2.44. The molecule has 3 aromatic rings. The summed E-state index contributed by atoms with van der Waals surface area (Å²) in [5.74, 6) is -8.53. The Balaban J connectivity index is 1.62. The molecule has 172 valence electrons. The van der Waals surface area contributed by atoms with Crippen LogP contribution in [0.1, 0.15) is 46.8 Å². The zero-order valence-electron chi connectivity index (χ0n) is 18.0. The molecule has 5 rings (SSSR count). The predicted molar refractivity (Wildman–Crippen MR) is 121 cm³/mol. The van der Waals surface area contributed by atoms with Gasteiger partial charge in [-0.1, -0.05) is 60.7 Å². The van der Waals surface area contributed by atoms with E-state index in [0.717, 1.165) is 41.0 Å². The number of hydrazone groups is 1. The van der Waals surface area contributed by atoms with Crippen LogP contribution in [0.15, 0.2) is 77.4 Å². The summed E-state index contributed by atoms with van der Waals surface area (Å²) in [6.07, 6.45) is 4.37. The van der Waals surface area contributed by atoms with Crippen molar-refractivity contribution in [3.05, 3.63) is 112 Å². The first-order valence-corrected chi connectivity index (χ1v) is 11.0. The van der Waals surface area contributed by atoms with Crippen molar-refractivity contribution in [3.8, 4) is 0 Å². The molecule has 1 fully saturated rings. The fourth-order valence-corrected chi connectivity index (χ4v) is 4.75. The molecular weight excluding hydrogens is 444 g/mol. The highest BCUT2D eigenvalue weighted by molar-refractivity contribution is 6.09. The van der Waals surface area contributed by atoms with Crippen molar-refractivity contribution in [2.24, 2.45) is 11.0 Å². The Morgan fingerprint density at radius 1 is 0.912 bits per heavy atom. The van der Waals surface area contributed by atoms with Crippen LogP contribution >= 0.6 is 0 Å². The number of benzene rings is 3. The van der Waals surface area contributed by atoms with Gasteiger partial charge in [0.25, 0.3) is 5.91 Å². The average Bonchev–Trinajstić information content (AvgIpc) is 3.26. The van der Waals surface area contributed by atoms with Gasteiger partial charge in [-0.25, -0.2) is 22.6 Å². The molecule has 3 nitrogen and oxygen atoms in total. The van der Waals surface area contributed by atoms with Crippen molar-refractivity contribution in [1.29, 1.82) is 0 Å². The Bertz CT molecular complexity index is 1310. The van der Waals surface area contributed by atoms with E-state index in [9.17, 15) is 22.4 Å². The van der Waals surface area contributed by atoms with Gasteiger partial charge in [0.15, 0.2) is 23.3 Å². The Morgan fingerprint density at radius 2 is 1.59 bits per heavy atom. The van der Waals surface area contributed by atoms with E-state index in [1.165, 1.54) is 0 Å². The largest absolute Gasteiger partial charge is 0.277 e. The number of carbonyl (C=O) groups is 1. The van der Waals surface area contributed by atoms with Gasteiger partial charge in [-0.2, -0.15) is 5.10 Å². The number of allylic oxidation sites excluding steroid dienone is 1. The van der Waals surface area contributed by atoms with E-state index < -0.39 is 40.8 Å². The second-order valence-corrected chi connectivity index (χ2v) is 8.42. The van der Waals surface area contributed by atoms with Crippen molar-refractivity contribution in [3.63, 3.8) is 0 Å². The van der Waals surface area contributed by atoms with Gasteiger partial charge in [-0.3, -0.25) is 4.79 Å². The number of amides is 1. The summed E-state index contributed by atoms with van der Waals surface area (Å²) >= 11 is 0. The maximum Gasteiger partial charge on any atom is 0.277 e. The molecule has 0 radical (unpaired) electrons. The van der Waals surface area contributed by atoms with Crippen LogP contribution in [0, 0.1) is 29.2 Å². The molecule has 1 aliphatic carbocycles. The molecule has 1 aliphatic heterocycles. The van der Waals surface area contributed by atoms with Crippen molar-refractivity contribution >= 4 is 17.7 Å². The van der Waals surface area contributed by atoms with Crippen molar-refractivity contribution in [2.75, 3.05) is 0 Å². The third kappa shape index (κ3) is 3.81. The summed E-state index contributed by atoms with van der Waals surface area (Å²) in [5, 5.41) is 5.66. The first-order chi connectivity index (χ1) is 16.5. The van der Waals surface area contributed by atoms with Crippen LogP contribution in [0.3, 0.4) is 0 Å². The lowest BCUT2D eigenvalue weighted by atomic mass is 9.77. The van der Waals surface area contributed by atoms with Crippen LogP contribution in [-0.4, -0.2) is 16.6 Å². The van der Waals surface area contributed by atoms with E-state index in [2.05, 4.69) is 5.10 Å². The summed E-state index contributed by atoms with van der Waals surface area (Å²) in [4.78, 5) is 13.4. The molecule has 2 atom stereocenters. The zero-order valence-corrected chi connectivity index (χ0v) is 18.0. The third-order valence-electron chi connectivity index (χ3n) is 6.32. The smallest absolute Gasteiger partial charge is 0.267 e. The van der Waals surface area contributed by atoms with Crippen molar-refractivity contribution < 1.29 is 22.4 Å². The van der Waals surface area contributed by atoms with E-state index in [1.54, 1.807) is 0 Å². The van der Waals surface area contributed by atoms with Crippen molar-refractivity contribution in [2.45, 2.75) is 25.3 Å². The minimum atomic E-state index is -2.02. The molecular formula is C27H20F4N2O. The number of rotatable bonds is 3. The number of carbonyl (C=O) groups excluding carboxylic acids is 1. The van der Waals surface area contributed by atoms with Gasteiger partial charge in [0.1, 0.15) is 0 Å². The summed E-state index contributed by atoms with van der Waals surface area (Å²) in [7, 11) is 0. The second kappa shape index (κ2) is 8.89. The molecule has 0 saturated heterocycles. The van der Waals surface area contributed by atoms with E-state index >= 15 is 0 Å². The second-order valence-electron chi connectivity index (χ2n) is 8.42. The molecule has 3 aromatic carbocycles. The van der Waals surface area contributed by atoms with Crippen LogP contribution in [0.4, 0.5) is 17.6 Å².